The molecule has 1 heterocycles. The molecule has 3 aromatic rings. The SMILES string of the molecule is COc1ccccc1NC(=O)C1=C(C)NC2=C(C(=O)C[C@H](c3ccc(OC)c(OC)c3)C2)[C@H]1c1ccc(F)cc1. The van der Waals surface area contributed by atoms with Crippen LogP contribution in [0.2, 0.25) is 0 Å². The highest BCUT2D eigenvalue weighted by molar-refractivity contribution is 6.10. The summed E-state index contributed by atoms with van der Waals surface area (Å²) in [6.07, 6.45) is 0.821. The third kappa shape index (κ3) is 5.04. The topological polar surface area (TPSA) is 85.9 Å². The number of allylic oxidation sites excluding steroid dienone is 3. The summed E-state index contributed by atoms with van der Waals surface area (Å²) in [5.74, 6) is 0.140. The molecule has 0 fully saturated rings. The fraction of sp³-hybridized carbons (Fsp3) is 0.250. The summed E-state index contributed by atoms with van der Waals surface area (Å²) >= 11 is 0. The van der Waals surface area contributed by atoms with E-state index in [0.717, 1.165) is 11.3 Å². The number of ketones is 1. The number of halogens is 1. The highest BCUT2D eigenvalue weighted by Gasteiger charge is 2.41. The Morgan fingerprint density at radius 1 is 0.875 bits per heavy atom. The standard InChI is InChI=1S/C32H31FN2O5/c1-18-29(32(37)35-23-7-5-6-8-26(23)38-2)30(19-9-12-22(33)13-10-19)31-24(34-18)15-21(16-25(31)36)20-11-14-27(39-3)28(17-20)40-4/h5-14,17,21,30,34H,15-16H2,1-4H3,(H,35,37)/t21-,30+/m1/s1. The van der Waals surface area contributed by atoms with Crippen LogP contribution in [0.25, 0.3) is 0 Å². The maximum Gasteiger partial charge on any atom is 0.254 e. The number of carbonyl (C=O) groups is 2. The summed E-state index contributed by atoms with van der Waals surface area (Å²) in [6, 6.07) is 18.8. The molecule has 0 unspecified atom stereocenters. The zero-order chi connectivity index (χ0) is 28.4. The molecule has 3 aromatic carbocycles. The van der Waals surface area contributed by atoms with Crippen molar-refractivity contribution in [3.63, 3.8) is 0 Å². The molecule has 2 N–H and O–H groups in total. The van der Waals surface area contributed by atoms with E-state index in [1.165, 1.54) is 19.2 Å². The number of dihydropyridines is 1. The number of hydrogen-bond donors (Lipinski definition) is 2. The van der Waals surface area contributed by atoms with Gasteiger partial charge in [0.2, 0.25) is 0 Å². The summed E-state index contributed by atoms with van der Waals surface area (Å²) in [7, 11) is 4.69. The van der Waals surface area contributed by atoms with Crippen LogP contribution in [0, 0.1) is 5.82 Å². The fourth-order valence-corrected chi connectivity index (χ4v) is 5.61. The van der Waals surface area contributed by atoms with Gasteiger partial charge in [-0.25, -0.2) is 4.39 Å². The summed E-state index contributed by atoms with van der Waals surface area (Å²) in [4.78, 5) is 27.7. The van der Waals surface area contributed by atoms with Crippen molar-refractivity contribution in [3.8, 4) is 17.2 Å². The molecule has 0 bridgehead atoms. The first-order chi connectivity index (χ1) is 19.3. The number of nitrogens with one attached hydrogen (secondary N) is 2. The Bertz CT molecular complexity index is 1530. The van der Waals surface area contributed by atoms with Gasteiger partial charge in [-0.3, -0.25) is 9.59 Å². The first-order valence-electron chi connectivity index (χ1n) is 13.0. The van der Waals surface area contributed by atoms with Crippen LogP contribution in [0.5, 0.6) is 17.2 Å². The Hall–Kier alpha value is -4.59. The van der Waals surface area contributed by atoms with Crippen LogP contribution in [-0.4, -0.2) is 33.0 Å². The monoisotopic (exact) mass is 542 g/mol. The molecular formula is C32H31FN2O5. The lowest BCUT2D eigenvalue weighted by molar-refractivity contribution is -0.116. The molecule has 0 aromatic heterocycles. The number of methoxy groups -OCH3 is 3. The number of Topliss-reactive ketones (excluding diaryl/α,β-unsaturated/α-hetero) is 1. The molecule has 2 aliphatic rings. The first-order valence-corrected chi connectivity index (χ1v) is 13.0. The third-order valence-electron chi connectivity index (χ3n) is 7.51. The van der Waals surface area contributed by atoms with Crippen molar-refractivity contribution >= 4 is 17.4 Å². The van der Waals surface area contributed by atoms with Crippen molar-refractivity contribution in [2.24, 2.45) is 0 Å². The quantitative estimate of drug-likeness (QED) is 0.390. The van der Waals surface area contributed by atoms with Gasteiger partial charge >= 0.3 is 0 Å². The van der Waals surface area contributed by atoms with Crippen LogP contribution in [0.3, 0.4) is 0 Å². The van der Waals surface area contributed by atoms with Crippen LogP contribution in [-0.2, 0) is 9.59 Å². The number of rotatable bonds is 7. The molecule has 1 amide bonds. The lowest BCUT2D eigenvalue weighted by Crippen LogP contribution is -2.37. The zero-order valence-electron chi connectivity index (χ0n) is 22.8. The van der Waals surface area contributed by atoms with Crippen molar-refractivity contribution in [2.45, 2.75) is 31.6 Å². The van der Waals surface area contributed by atoms with E-state index in [1.54, 1.807) is 44.6 Å². The van der Waals surface area contributed by atoms with Gasteiger partial charge in [0.25, 0.3) is 5.91 Å². The molecule has 2 atom stereocenters. The largest absolute Gasteiger partial charge is 0.495 e. The van der Waals surface area contributed by atoms with Crippen LogP contribution in [0.1, 0.15) is 42.7 Å². The van der Waals surface area contributed by atoms with Gasteiger partial charge in [-0.2, -0.15) is 0 Å². The molecule has 0 radical (unpaired) electrons. The smallest absolute Gasteiger partial charge is 0.254 e. The molecule has 0 spiro atoms. The number of para-hydroxylation sites is 2. The minimum absolute atomic E-state index is 0.0713. The molecule has 7 nitrogen and oxygen atoms in total. The maximum atomic E-state index is 13.9. The zero-order valence-corrected chi connectivity index (χ0v) is 22.8. The van der Waals surface area contributed by atoms with E-state index in [4.69, 9.17) is 14.2 Å². The van der Waals surface area contributed by atoms with Gasteiger partial charge < -0.3 is 24.8 Å². The third-order valence-corrected chi connectivity index (χ3v) is 7.51. The van der Waals surface area contributed by atoms with Gasteiger partial charge in [0.05, 0.1) is 27.0 Å². The molecular weight excluding hydrogens is 511 g/mol. The highest BCUT2D eigenvalue weighted by Crippen LogP contribution is 2.46. The molecule has 0 saturated heterocycles. The Morgan fingerprint density at radius 2 is 1.55 bits per heavy atom. The maximum absolute atomic E-state index is 13.9. The lowest BCUT2D eigenvalue weighted by Gasteiger charge is -2.37. The van der Waals surface area contributed by atoms with Crippen molar-refractivity contribution in [2.75, 3.05) is 26.6 Å². The van der Waals surface area contributed by atoms with Crippen molar-refractivity contribution in [1.29, 1.82) is 0 Å². The summed E-state index contributed by atoms with van der Waals surface area (Å²) in [6.45, 7) is 1.82. The Balaban J connectivity index is 1.54. The number of ether oxygens (including phenoxy) is 3. The van der Waals surface area contributed by atoms with Gasteiger partial charge in [0, 0.05) is 34.9 Å². The number of carbonyl (C=O) groups excluding carboxylic acids is 2. The molecule has 8 heteroatoms. The lowest BCUT2D eigenvalue weighted by atomic mass is 9.71. The fourth-order valence-electron chi connectivity index (χ4n) is 5.61. The first kappa shape index (κ1) is 27.0. The van der Waals surface area contributed by atoms with Gasteiger partial charge in [-0.05, 0) is 66.8 Å². The summed E-state index contributed by atoms with van der Waals surface area (Å²) in [5, 5.41) is 6.32. The van der Waals surface area contributed by atoms with Crippen molar-refractivity contribution in [1.82, 2.24) is 5.32 Å². The number of amides is 1. The minimum Gasteiger partial charge on any atom is -0.495 e. The van der Waals surface area contributed by atoms with E-state index < -0.39 is 11.7 Å². The second-order valence-electron chi connectivity index (χ2n) is 9.84. The van der Waals surface area contributed by atoms with Crippen molar-refractivity contribution in [3.05, 3.63) is 106 Å². The van der Waals surface area contributed by atoms with E-state index in [1.807, 2.05) is 31.2 Å². The Labute approximate surface area is 232 Å². The molecule has 5 rings (SSSR count). The van der Waals surface area contributed by atoms with Crippen LogP contribution in [0.4, 0.5) is 10.1 Å². The molecule has 40 heavy (non-hydrogen) atoms. The summed E-state index contributed by atoms with van der Waals surface area (Å²) < 4.78 is 30.2. The summed E-state index contributed by atoms with van der Waals surface area (Å²) in [5.41, 5.74) is 4.44. The van der Waals surface area contributed by atoms with E-state index >= 15 is 0 Å². The molecule has 1 aliphatic heterocycles. The number of anilines is 1. The van der Waals surface area contributed by atoms with Crippen LogP contribution in [0.15, 0.2) is 89.3 Å². The van der Waals surface area contributed by atoms with Gasteiger partial charge in [0.15, 0.2) is 17.3 Å². The predicted octanol–water partition coefficient (Wildman–Crippen LogP) is 5.85. The van der Waals surface area contributed by atoms with Gasteiger partial charge in [-0.15, -0.1) is 0 Å². The molecule has 0 saturated carbocycles. The van der Waals surface area contributed by atoms with Crippen LogP contribution >= 0.6 is 0 Å². The average molecular weight is 543 g/mol. The van der Waals surface area contributed by atoms with Crippen LogP contribution < -0.4 is 24.8 Å². The van der Waals surface area contributed by atoms with Gasteiger partial charge in [0.1, 0.15) is 11.6 Å². The van der Waals surface area contributed by atoms with E-state index in [9.17, 15) is 14.0 Å². The highest BCUT2D eigenvalue weighted by atomic mass is 19.1. The Kier molecular flexibility index (Phi) is 7.60. The van der Waals surface area contributed by atoms with E-state index in [2.05, 4.69) is 10.6 Å². The van der Waals surface area contributed by atoms with E-state index in [-0.39, 0.29) is 24.0 Å². The van der Waals surface area contributed by atoms with E-state index in [0.29, 0.717) is 51.8 Å². The van der Waals surface area contributed by atoms with Gasteiger partial charge in [-0.1, -0.05) is 30.3 Å². The second kappa shape index (κ2) is 11.3. The average Bonchev–Trinajstić information content (AvgIpc) is 2.96. The van der Waals surface area contributed by atoms with Crippen molar-refractivity contribution < 1.29 is 28.2 Å². The number of benzene rings is 3. The second-order valence-corrected chi connectivity index (χ2v) is 9.84. The molecule has 1 aliphatic carbocycles. The predicted molar refractivity (Wildman–Crippen MR) is 150 cm³/mol. The normalized spacial score (nSPS) is 18.6. The minimum atomic E-state index is -0.662. The Morgan fingerprint density at radius 3 is 2.25 bits per heavy atom. The number of hydrogen-bond acceptors (Lipinski definition) is 6. The molecule has 206 valence electrons.